The number of nitrogens with zero attached hydrogens (tertiary/aromatic N) is 3. The van der Waals surface area contributed by atoms with E-state index in [2.05, 4.69) is 39.0 Å². The van der Waals surface area contributed by atoms with Crippen LogP contribution in [0.4, 0.5) is 0 Å². The third-order valence-corrected chi connectivity index (χ3v) is 8.13. The van der Waals surface area contributed by atoms with E-state index in [0.717, 1.165) is 76.1 Å². The summed E-state index contributed by atoms with van der Waals surface area (Å²) in [5.74, 6) is -0.265. The molecule has 7 nitrogen and oxygen atoms in total. The topological polar surface area (TPSA) is 107 Å². The van der Waals surface area contributed by atoms with Crippen LogP contribution in [-0.2, 0) is 4.74 Å². The minimum atomic E-state index is -0.265. The number of pyridine rings is 2. The number of H-pyrrole nitrogens is 1. The average molecular weight is 524 g/mol. The van der Waals surface area contributed by atoms with Gasteiger partial charge in [-0.05, 0) is 86.9 Å². The number of nitrogens with two attached hydrogens (primary N) is 1. The van der Waals surface area contributed by atoms with Crippen molar-refractivity contribution in [1.29, 1.82) is 0 Å². The van der Waals surface area contributed by atoms with E-state index in [1.807, 2.05) is 54.9 Å². The van der Waals surface area contributed by atoms with Crippen LogP contribution in [0.5, 0.6) is 0 Å². The SMILES string of the molecule is Cc1cccc(-c2[nH]cnc2-c2ccc3ncc(-c4csc(C(=O)O[C@H]5CC[C@@](C)(N)CC5)c4)cc3c2)n1. The van der Waals surface area contributed by atoms with E-state index in [1.54, 1.807) is 6.33 Å². The van der Waals surface area contributed by atoms with E-state index in [0.29, 0.717) is 4.88 Å². The molecule has 1 fully saturated rings. The standard InChI is InChI=1S/C30H29N5O2S/c1-18-4-3-5-25(35-18)28-27(33-17-34-28)19-6-7-24-20(12-19)13-21(15-32-24)22-14-26(38-16-22)29(36)37-23-8-10-30(2,31)11-9-23/h3-7,12-17,23H,8-11,31H2,1-2H3,(H,33,34)/t23-,30+. The quantitative estimate of drug-likeness (QED) is 0.253. The zero-order valence-electron chi connectivity index (χ0n) is 21.4. The second-order valence-corrected chi connectivity index (χ2v) is 11.3. The number of benzene rings is 1. The minimum absolute atomic E-state index is 0.0626. The van der Waals surface area contributed by atoms with Crippen molar-refractivity contribution in [2.24, 2.45) is 5.73 Å². The summed E-state index contributed by atoms with van der Waals surface area (Å²) in [6, 6.07) is 16.1. The molecular formula is C30H29N5O2S. The highest BCUT2D eigenvalue weighted by molar-refractivity contribution is 7.12. The van der Waals surface area contributed by atoms with Gasteiger partial charge < -0.3 is 15.5 Å². The number of hydrogen-bond donors (Lipinski definition) is 2. The summed E-state index contributed by atoms with van der Waals surface area (Å²) in [4.78, 5) is 30.6. The molecule has 0 radical (unpaired) electrons. The first-order valence-corrected chi connectivity index (χ1v) is 13.7. The summed E-state index contributed by atoms with van der Waals surface area (Å²) in [5, 5.41) is 2.98. The Bertz CT molecular complexity index is 1630. The van der Waals surface area contributed by atoms with Crippen LogP contribution in [0.3, 0.4) is 0 Å². The number of fused-ring (bicyclic) bond motifs is 1. The van der Waals surface area contributed by atoms with Crippen molar-refractivity contribution in [3.05, 3.63) is 77.0 Å². The minimum Gasteiger partial charge on any atom is -0.458 e. The molecule has 0 bridgehead atoms. The van der Waals surface area contributed by atoms with Crippen molar-refractivity contribution in [1.82, 2.24) is 19.9 Å². The summed E-state index contributed by atoms with van der Waals surface area (Å²) >= 11 is 1.40. The predicted molar refractivity (Wildman–Crippen MR) is 151 cm³/mol. The molecule has 0 spiro atoms. The number of carbonyl (C=O) groups is 1. The number of aryl methyl sites for hydroxylation is 1. The average Bonchev–Trinajstić information content (AvgIpc) is 3.60. The Balaban J connectivity index is 1.24. The van der Waals surface area contributed by atoms with Gasteiger partial charge in [-0.2, -0.15) is 0 Å². The zero-order chi connectivity index (χ0) is 26.3. The number of nitrogens with one attached hydrogen (secondary N) is 1. The van der Waals surface area contributed by atoms with Gasteiger partial charge in [-0.3, -0.25) is 9.97 Å². The predicted octanol–water partition coefficient (Wildman–Crippen LogP) is 6.54. The number of hydrogen-bond acceptors (Lipinski definition) is 7. The van der Waals surface area contributed by atoms with Crippen molar-refractivity contribution in [2.45, 2.75) is 51.2 Å². The number of carbonyl (C=O) groups excluding carboxylic acids is 1. The van der Waals surface area contributed by atoms with E-state index in [4.69, 9.17) is 10.5 Å². The molecule has 5 aromatic rings. The van der Waals surface area contributed by atoms with Gasteiger partial charge in [0, 0.05) is 33.9 Å². The van der Waals surface area contributed by atoms with Gasteiger partial charge in [-0.15, -0.1) is 11.3 Å². The van der Waals surface area contributed by atoms with Crippen LogP contribution >= 0.6 is 11.3 Å². The second-order valence-electron chi connectivity index (χ2n) is 10.4. The van der Waals surface area contributed by atoms with Gasteiger partial charge >= 0.3 is 5.97 Å². The molecule has 3 N–H and O–H groups in total. The highest BCUT2D eigenvalue weighted by atomic mass is 32.1. The maximum Gasteiger partial charge on any atom is 0.348 e. The molecule has 192 valence electrons. The first kappa shape index (κ1) is 24.5. The monoisotopic (exact) mass is 523 g/mol. The lowest BCUT2D eigenvalue weighted by Gasteiger charge is -2.33. The first-order chi connectivity index (χ1) is 18.3. The van der Waals surface area contributed by atoms with Gasteiger partial charge in [0.15, 0.2) is 0 Å². The summed E-state index contributed by atoms with van der Waals surface area (Å²) in [7, 11) is 0. The van der Waals surface area contributed by atoms with E-state index in [-0.39, 0.29) is 17.6 Å². The molecule has 0 aliphatic heterocycles. The summed E-state index contributed by atoms with van der Waals surface area (Å²) in [5.41, 5.74) is 13.4. The third kappa shape index (κ3) is 4.97. The van der Waals surface area contributed by atoms with E-state index >= 15 is 0 Å². The summed E-state index contributed by atoms with van der Waals surface area (Å²) < 4.78 is 5.79. The van der Waals surface area contributed by atoms with Gasteiger partial charge in [-0.1, -0.05) is 12.1 Å². The van der Waals surface area contributed by atoms with Crippen LogP contribution in [0.2, 0.25) is 0 Å². The van der Waals surface area contributed by atoms with E-state index in [9.17, 15) is 4.79 Å². The Morgan fingerprint density at radius 1 is 1.08 bits per heavy atom. The molecule has 1 aliphatic carbocycles. The highest BCUT2D eigenvalue weighted by Gasteiger charge is 2.29. The number of thiophene rings is 1. The molecule has 0 saturated heterocycles. The molecule has 4 aromatic heterocycles. The molecule has 8 heteroatoms. The number of esters is 1. The van der Waals surface area contributed by atoms with Crippen LogP contribution in [0.1, 0.15) is 48.0 Å². The van der Waals surface area contributed by atoms with Gasteiger partial charge in [-0.25, -0.2) is 9.78 Å². The fraction of sp³-hybridized carbons (Fsp3) is 0.267. The van der Waals surface area contributed by atoms with Crippen molar-refractivity contribution < 1.29 is 9.53 Å². The van der Waals surface area contributed by atoms with Crippen LogP contribution in [-0.4, -0.2) is 37.5 Å². The van der Waals surface area contributed by atoms with Crippen LogP contribution in [0.25, 0.3) is 44.7 Å². The molecule has 0 unspecified atom stereocenters. The largest absolute Gasteiger partial charge is 0.458 e. The van der Waals surface area contributed by atoms with Crippen molar-refractivity contribution >= 4 is 28.2 Å². The fourth-order valence-electron chi connectivity index (χ4n) is 5.00. The number of rotatable bonds is 5. The van der Waals surface area contributed by atoms with Crippen LogP contribution in [0.15, 0.2) is 66.4 Å². The first-order valence-electron chi connectivity index (χ1n) is 12.8. The number of ether oxygens (including phenoxy) is 1. The Hall–Kier alpha value is -3.88. The second kappa shape index (κ2) is 9.78. The van der Waals surface area contributed by atoms with Gasteiger partial charge in [0.05, 0.1) is 28.9 Å². The molecule has 0 amide bonds. The Labute approximate surface area is 225 Å². The van der Waals surface area contributed by atoms with Crippen molar-refractivity contribution in [3.8, 4) is 33.8 Å². The molecule has 1 aliphatic rings. The molecule has 4 heterocycles. The third-order valence-electron chi connectivity index (χ3n) is 7.22. The zero-order valence-corrected chi connectivity index (χ0v) is 22.2. The van der Waals surface area contributed by atoms with Gasteiger partial charge in [0.1, 0.15) is 11.0 Å². The summed E-state index contributed by atoms with van der Waals surface area (Å²) in [6.45, 7) is 4.04. The molecule has 1 aromatic carbocycles. The van der Waals surface area contributed by atoms with Crippen LogP contribution < -0.4 is 5.73 Å². The Morgan fingerprint density at radius 3 is 2.71 bits per heavy atom. The fourth-order valence-corrected chi connectivity index (χ4v) is 5.80. The smallest absolute Gasteiger partial charge is 0.348 e. The lowest BCUT2D eigenvalue weighted by Crippen LogP contribution is -2.42. The molecular weight excluding hydrogens is 494 g/mol. The Morgan fingerprint density at radius 2 is 1.89 bits per heavy atom. The number of aromatic amines is 1. The van der Waals surface area contributed by atoms with Crippen molar-refractivity contribution in [3.63, 3.8) is 0 Å². The molecule has 6 rings (SSSR count). The molecule has 38 heavy (non-hydrogen) atoms. The van der Waals surface area contributed by atoms with Crippen LogP contribution in [0, 0.1) is 6.92 Å². The molecule has 0 atom stereocenters. The van der Waals surface area contributed by atoms with Gasteiger partial charge in [0.2, 0.25) is 0 Å². The maximum absolute atomic E-state index is 12.8. The Kier molecular flexibility index (Phi) is 6.29. The normalized spacial score (nSPS) is 19.5. The number of aromatic nitrogens is 4. The lowest BCUT2D eigenvalue weighted by molar-refractivity contribution is 0.0158. The van der Waals surface area contributed by atoms with Gasteiger partial charge in [0.25, 0.3) is 0 Å². The number of imidazole rings is 1. The maximum atomic E-state index is 12.8. The summed E-state index contributed by atoms with van der Waals surface area (Å²) in [6.07, 6.45) is 6.84. The van der Waals surface area contributed by atoms with Crippen molar-refractivity contribution in [2.75, 3.05) is 0 Å². The van der Waals surface area contributed by atoms with E-state index in [1.165, 1.54) is 11.3 Å². The van der Waals surface area contributed by atoms with E-state index < -0.39 is 0 Å². The molecule has 1 saturated carbocycles. The lowest BCUT2D eigenvalue weighted by atomic mass is 9.83. The highest BCUT2D eigenvalue weighted by Crippen LogP contribution is 2.33.